The highest BCUT2D eigenvalue weighted by atomic mass is 16.5. The third-order valence-corrected chi connectivity index (χ3v) is 3.26. The van der Waals surface area contributed by atoms with E-state index in [1.54, 1.807) is 27.5 Å². The van der Waals surface area contributed by atoms with Gasteiger partial charge in [-0.15, -0.1) is 0 Å². The Morgan fingerprint density at radius 1 is 1.19 bits per heavy atom. The Morgan fingerprint density at radius 3 is 2.52 bits per heavy atom. The third-order valence-electron chi connectivity index (χ3n) is 3.26. The second-order valence-corrected chi connectivity index (χ2v) is 4.62. The molecule has 0 spiro atoms. The van der Waals surface area contributed by atoms with Crippen LogP contribution in [0.5, 0.6) is 11.5 Å². The molecule has 2 rings (SSSR count). The molecule has 1 aromatic carbocycles. The number of hydrogen-bond donors (Lipinski definition) is 2. The van der Waals surface area contributed by atoms with Crippen LogP contribution in [0.1, 0.15) is 0 Å². The van der Waals surface area contributed by atoms with Crippen LogP contribution in [-0.4, -0.2) is 45.5 Å². The SMILES string of the molecule is COCC(CN)Nc1nccc2cc(OC)c(OC)cc12. The fourth-order valence-corrected chi connectivity index (χ4v) is 2.18. The van der Waals surface area contributed by atoms with E-state index in [4.69, 9.17) is 19.9 Å². The number of pyridine rings is 1. The van der Waals surface area contributed by atoms with Crippen LogP contribution in [0.3, 0.4) is 0 Å². The lowest BCUT2D eigenvalue weighted by Gasteiger charge is -2.18. The zero-order chi connectivity index (χ0) is 15.2. The van der Waals surface area contributed by atoms with Gasteiger partial charge in [-0.05, 0) is 23.6 Å². The van der Waals surface area contributed by atoms with Crippen molar-refractivity contribution in [2.45, 2.75) is 6.04 Å². The molecule has 3 N–H and O–H groups in total. The number of anilines is 1. The van der Waals surface area contributed by atoms with E-state index in [1.165, 1.54) is 0 Å². The van der Waals surface area contributed by atoms with E-state index in [0.29, 0.717) is 24.7 Å². The van der Waals surface area contributed by atoms with E-state index in [9.17, 15) is 0 Å². The molecule has 0 aliphatic carbocycles. The fraction of sp³-hybridized carbons (Fsp3) is 0.400. The Hall–Kier alpha value is -2.05. The average molecular weight is 291 g/mol. The van der Waals surface area contributed by atoms with Crippen molar-refractivity contribution in [2.24, 2.45) is 5.73 Å². The number of nitrogens with one attached hydrogen (secondary N) is 1. The van der Waals surface area contributed by atoms with Gasteiger partial charge in [0.2, 0.25) is 0 Å². The Kier molecular flexibility index (Phi) is 5.19. The standard InChI is InChI=1S/C15H21N3O3/c1-19-9-11(8-16)18-15-12-7-14(21-3)13(20-2)6-10(12)4-5-17-15/h4-7,11H,8-9,16H2,1-3H3,(H,17,18). The van der Waals surface area contributed by atoms with E-state index in [2.05, 4.69) is 10.3 Å². The smallest absolute Gasteiger partial charge is 0.161 e. The Morgan fingerprint density at radius 2 is 1.90 bits per heavy atom. The molecule has 0 amide bonds. The lowest BCUT2D eigenvalue weighted by molar-refractivity contribution is 0.187. The molecule has 1 unspecified atom stereocenters. The molecule has 0 bridgehead atoms. The highest BCUT2D eigenvalue weighted by molar-refractivity contribution is 5.94. The van der Waals surface area contributed by atoms with Gasteiger partial charge in [0.15, 0.2) is 11.5 Å². The van der Waals surface area contributed by atoms with E-state index < -0.39 is 0 Å². The van der Waals surface area contributed by atoms with Crippen LogP contribution in [0.25, 0.3) is 10.8 Å². The zero-order valence-electron chi connectivity index (χ0n) is 12.6. The van der Waals surface area contributed by atoms with Gasteiger partial charge in [-0.2, -0.15) is 0 Å². The van der Waals surface area contributed by atoms with Crippen molar-refractivity contribution in [1.29, 1.82) is 0 Å². The summed E-state index contributed by atoms with van der Waals surface area (Å²) in [5, 5.41) is 5.27. The van der Waals surface area contributed by atoms with Crippen molar-refractivity contribution in [3.8, 4) is 11.5 Å². The molecule has 0 fully saturated rings. The van der Waals surface area contributed by atoms with Crippen LogP contribution in [0, 0.1) is 0 Å². The fourth-order valence-electron chi connectivity index (χ4n) is 2.18. The molecule has 0 aliphatic rings. The van der Waals surface area contributed by atoms with Gasteiger partial charge < -0.3 is 25.3 Å². The number of hydrogen-bond acceptors (Lipinski definition) is 6. The topological polar surface area (TPSA) is 78.6 Å². The van der Waals surface area contributed by atoms with Crippen molar-refractivity contribution in [3.05, 3.63) is 24.4 Å². The number of benzene rings is 1. The number of nitrogens with zero attached hydrogens (tertiary/aromatic N) is 1. The van der Waals surface area contributed by atoms with Crippen LogP contribution >= 0.6 is 0 Å². The van der Waals surface area contributed by atoms with Crippen molar-refractivity contribution >= 4 is 16.6 Å². The molecule has 6 heteroatoms. The highest BCUT2D eigenvalue weighted by Crippen LogP contribution is 2.34. The molecule has 114 valence electrons. The lowest BCUT2D eigenvalue weighted by Crippen LogP contribution is -2.33. The van der Waals surface area contributed by atoms with Gasteiger partial charge in [-0.1, -0.05) is 0 Å². The van der Waals surface area contributed by atoms with Crippen molar-refractivity contribution in [2.75, 3.05) is 39.8 Å². The lowest BCUT2D eigenvalue weighted by atomic mass is 10.1. The zero-order valence-corrected chi connectivity index (χ0v) is 12.6. The first-order valence-corrected chi connectivity index (χ1v) is 6.69. The number of nitrogens with two attached hydrogens (primary N) is 1. The van der Waals surface area contributed by atoms with Gasteiger partial charge >= 0.3 is 0 Å². The predicted octanol–water partition coefficient (Wildman–Crippen LogP) is 1.64. The first-order chi connectivity index (χ1) is 10.2. The number of fused-ring (bicyclic) bond motifs is 1. The normalized spacial score (nSPS) is 12.2. The van der Waals surface area contributed by atoms with Gasteiger partial charge in [0, 0.05) is 25.2 Å². The molecule has 0 saturated heterocycles. The van der Waals surface area contributed by atoms with E-state index in [1.807, 2.05) is 18.2 Å². The van der Waals surface area contributed by atoms with Crippen LogP contribution in [0.4, 0.5) is 5.82 Å². The molecule has 6 nitrogen and oxygen atoms in total. The second kappa shape index (κ2) is 7.10. The van der Waals surface area contributed by atoms with Crippen LogP contribution in [0.15, 0.2) is 24.4 Å². The van der Waals surface area contributed by atoms with Crippen LogP contribution < -0.4 is 20.5 Å². The van der Waals surface area contributed by atoms with E-state index in [0.717, 1.165) is 16.6 Å². The van der Waals surface area contributed by atoms with Crippen LogP contribution in [0.2, 0.25) is 0 Å². The molecule has 2 aromatic rings. The molecule has 0 radical (unpaired) electrons. The summed E-state index contributed by atoms with van der Waals surface area (Å²) < 4.78 is 15.8. The summed E-state index contributed by atoms with van der Waals surface area (Å²) in [7, 11) is 4.88. The molecule has 1 aromatic heterocycles. The van der Waals surface area contributed by atoms with Gasteiger partial charge in [0.25, 0.3) is 0 Å². The van der Waals surface area contributed by atoms with Gasteiger partial charge in [-0.3, -0.25) is 0 Å². The average Bonchev–Trinajstić information content (AvgIpc) is 2.53. The largest absolute Gasteiger partial charge is 0.493 e. The maximum Gasteiger partial charge on any atom is 0.161 e. The summed E-state index contributed by atoms with van der Waals surface area (Å²) in [6, 6.07) is 5.76. The van der Waals surface area contributed by atoms with Crippen molar-refractivity contribution in [3.63, 3.8) is 0 Å². The summed E-state index contributed by atoms with van der Waals surface area (Å²) in [6.45, 7) is 0.973. The Bertz CT molecular complexity index is 604. The summed E-state index contributed by atoms with van der Waals surface area (Å²) >= 11 is 0. The molecule has 21 heavy (non-hydrogen) atoms. The number of methoxy groups -OCH3 is 3. The van der Waals surface area contributed by atoms with Crippen molar-refractivity contribution < 1.29 is 14.2 Å². The highest BCUT2D eigenvalue weighted by Gasteiger charge is 2.12. The molecule has 1 atom stereocenters. The van der Waals surface area contributed by atoms with E-state index in [-0.39, 0.29) is 6.04 Å². The summed E-state index contributed by atoms with van der Waals surface area (Å²) in [6.07, 6.45) is 1.75. The monoisotopic (exact) mass is 291 g/mol. The summed E-state index contributed by atoms with van der Waals surface area (Å²) in [5.41, 5.74) is 5.74. The van der Waals surface area contributed by atoms with Gasteiger partial charge in [-0.25, -0.2) is 4.98 Å². The minimum Gasteiger partial charge on any atom is -0.493 e. The van der Waals surface area contributed by atoms with E-state index >= 15 is 0 Å². The van der Waals surface area contributed by atoms with Crippen molar-refractivity contribution in [1.82, 2.24) is 4.98 Å². The second-order valence-electron chi connectivity index (χ2n) is 4.62. The maximum absolute atomic E-state index is 5.74. The molecule has 0 aliphatic heterocycles. The quantitative estimate of drug-likeness (QED) is 0.807. The minimum absolute atomic E-state index is 0.00111. The number of aromatic nitrogens is 1. The van der Waals surface area contributed by atoms with Gasteiger partial charge in [0.05, 0.1) is 26.9 Å². The predicted molar refractivity (Wildman–Crippen MR) is 83.2 cm³/mol. The molecule has 1 heterocycles. The number of rotatable bonds is 7. The van der Waals surface area contributed by atoms with Crippen LogP contribution in [-0.2, 0) is 4.74 Å². The number of ether oxygens (including phenoxy) is 3. The molecular formula is C15H21N3O3. The molecule has 0 saturated carbocycles. The Balaban J connectivity index is 2.44. The maximum atomic E-state index is 5.74. The first-order valence-electron chi connectivity index (χ1n) is 6.69. The van der Waals surface area contributed by atoms with Gasteiger partial charge in [0.1, 0.15) is 5.82 Å². The Labute approximate surface area is 124 Å². The summed E-state index contributed by atoms with van der Waals surface area (Å²) in [5.74, 6) is 2.10. The molecular weight excluding hydrogens is 270 g/mol. The third kappa shape index (κ3) is 3.34. The first kappa shape index (κ1) is 15.3. The summed E-state index contributed by atoms with van der Waals surface area (Å²) in [4.78, 5) is 4.39. The minimum atomic E-state index is 0.00111.